The van der Waals surface area contributed by atoms with Crippen LogP contribution in [0.3, 0.4) is 0 Å². The number of halogens is 9. The van der Waals surface area contributed by atoms with Gasteiger partial charge in [-0.05, 0) is 86.5 Å². The van der Waals surface area contributed by atoms with Crippen molar-refractivity contribution in [2.75, 3.05) is 0 Å². The minimum absolute atomic E-state index is 0.00350. The van der Waals surface area contributed by atoms with Crippen LogP contribution in [0.1, 0.15) is 94.7 Å². The van der Waals surface area contributed by atoms with Crippen molar-refractivity contribution in [3.05, 3.63) is 108 Å². The van der Waals surface area contributed by atoms with Crippen molar-refractivity contribution in [2.24, 2.45) is 0 Å². The van der Waals surface area contributed by atoms with E-state index in [1.807, 2.05) is 41.5 Å². The van der Waals surface area contributed by atoms with Crippen molar-refractivity contribution in [1.29, 1.82) is 0 Å². The molecule has 0 spiro atoms. The number of benzene rings is 3. The molecule has 50 heavy (non-hydrogen) atoms. The van der Waals surface area contributed by atoms with Crippen molar-refractivity contribution in [3.8, 4) is 17.2 Å². The van der Waals surface area contributed by atoms with Crippen LogP contribution >= 0.6 is 0 Å². The minimum atomic E-state index is -4.45. The van der Waals surface area contributed by atoms with Crippen LogP contribution in [0.15, 0.2) is 74.3 Å². The molecule has 0 amide bonds. The average molecular weight is 719 g/mol. The largest absolute Gasteiger partial charge is 0.508 e. The normalized spacial score (nSPS) is 12.4. The molecule has 0 fully saturated rings. The SMILES string of the molecule is C=C(c1ccc(O)c(C(C)(C)C)c1)C(F)(F)F.C=C(c1ccc(O)c(C(C)(C)C)c1)C(F)(F)F.C=C(c1ccc(O)c(C(C)C)c1)C(F)(F)F. The molecule has 0 aliphatic heterocycles. The zero-order valence-electron chi connectivity index (χ0n) is 29.1. The van der Waals surface area contributed by atoms with Crippen LogP contribution in [0, 0.1) is 0 Å². The summed E-state index contributed by atoms with van der Waals surface area (Å²) in [5, 5.41) is 28.8. The fourth-order valence-electron chi connectivity index (χ4n) is 4.34. The van der Waals surface area contributed by atoms with E-state index < -0.39 is 46.1 Å². The van der Waals surface area contributed by atoms with E-state index in [1.54, 1.807) is 13.8 Å². The lowest BCUT2D eigenvalue weighted by atomic mass is 9.84. The van der Waals surface area contributed by atoms with Gasteiger partial charge in [0.2, 0.25) is 0 Å². The molecule has 3 rings (SSSR count). The van der Waals surface area contributed by atoms with Gasteiger partial charge in [0.05, 0.1) is 16.7 Å². The van der Waals surface area contributed by atoms with Crippen LogP contribution in [-0.2, 0) is 10.8 Å². The summed E-state index contributed by atoms with van der Waals surface area (Å²) in [7, 11) is 0. The van der Waals surface area contributed by atoms with E-state index in [1.165, 1.54) is 54.6 Å². The van der Waals surface area contributed by atoms with Gasteiger partial charge in [0.25, 0.3) is 0 Å². The van der Waals surface area contributed by atoms with E-state index in [0.717, 1.165) is 0 Å². The molecule has 0 saturated carbocycles. The molecule has 0 aromatic heterocycles. The maximum Gasteiger partial charge on any atom is 0.416 e. The Balaban J connectivity index is 0.000000375. The van der Waals surface area contributed by atoms with Crippen molar-refractivity contribution >= 4 is 16.7 Å². The molecule has 276 valence electrons. The summed E-state index contributed by atoms with van der Waals surface area (Å²) in [6.45, 7) is 23.6. The molecular weight excluding hydrogens is 675 g/mol. The molecule has 3 N–H and O–H groups in total. The lowest BCUT2D eigenvalue weighted by Crippen LogP contribution is -2.14. The van der Waals surface area contributed by atoms with Gasteiger partial charge in [-0.2, -0.15) is 39.5 Å². The molecule has 0 unspecified atom stereocenters. The van der Waals surface area contributed by atoms with Crippen molar-refractivity contribution in [3.63, 3.8) is 0 Å². The number of aromatic hydroxyl groups is 3. The third-order valence-electron chi connectivity index (χ3n) is 7.33. The van der Waals surface area contributed by atoms with Gasteiger partial charge in [0.1, 0.15) is 17.2 Å². The number of rotatable bonds is 4. The molecule has 0 heterocycles. The zero-order chi connectivity index (χ0) is 39.4. The summed E-state index contributed by atoms with van der Waals surface area (Å²) >= 11 is 0. The molecule has 0 bridgehead atoms. The van der Waals surface area contributed by atoms with E-state index in [9.17, 15) is 54.8 Å². The van der Waals surface area contributed by atoms with Gasteiger partial charge >= 0.3 is 18.5 Å². The molecule has 0 radical (unpaired) electrons. The molecule has 3 nitrogen and oxygen atoms in total. The second-order valence-corrected chi connectivity index (χ2v) is 13.8. The van der Waals surface area contributed by atoms with Gasteiger partial charge in [0.15, 0.2) is 0 Å². The summed E-state index contributed by atoms with van der Waals surface area (Å²) in [6.07, 6.45) is -13.3. The van der Waals surface area contributed by atoms with E-state index >= 15 is 0 Å². The maximum atomic E-state index is 12.5. The number of phenolic OH excluding ortho intramolecular Hbond substituents is 3. The number of hydrogen-bond acceptors (Lipinski definition) is 3. The number of hydrogen-bond donors (Lipinski definition) is 3. The molecule has 3 aromatic rings. The minimum Gasteiger partial charge on any atom is -0.508 e. The van der Waals surface area contributed by atoms with Crippen molar-refractivity contribution < 1.29 is 54.8 Å². The molecule has 3 aromatic carbocycles. The summed E-state index contributed by atoms with van der Waals surface area (Å²) < 4.78 is 112. The van der Waals surface area contributed by atoms with Crippen LogP contribution in [0.4, 0.5) is 39.5 Å². The first-order chi connectivity index (χ1) is 22.3. The summed E-state index contributed by atoms with van der Waals surface area (Å²) in [6, 6.07) is 11.5. The van der Waals surface area contributed by atoms with Crippen LogP contribution in [0.5, 0.6) is 17.2 Å². The first-order valence-electron chi connectivity index (χ1n) is 15.1. The highest BCUT2D eigenvalue weighted by Crippen LogP contribution is 2.39. The van der Waals surface area contributed by atoms with E-state index in [-0.39, 0.29) is 39.9 Å². The van der Waals surface area contributed by atoms with Crippen LogP contribution in [0.25, 0.3) is 16.7 Å². The fraction of sp³-hybridized carbons (Fsp3) is 0.368. The Morgan fingerprint density at radius 3 is 0.980 bits per heavy atom. The second kappa shape index (κ2) is 15.7. The molecule has 0 saturated heterocycles. The topological polar surface area (TPSA) is 60.7 Å². The second-order valence-electron chi connectivity index (χ2n) is 13.8. The molecule has 0 aliphatic rings. The zero-order valence-corrected chi connectivity index (χ0v) is 29.1. The summed E-state index contributed by atoms with van der Waals surface area (Å²) in [4.78, 5) is 0. The Labute approximate surface area is 287 Å². The Morgan fingerprint density at radius 2 is 0.740 bits per heavy atom. The summed E-state index contributed by atoms with van der Waals surface area (Å²) in [5.41, 5.74) is -2.14. The smallest absolute Gasteiger partial charge is 0.416 e. The molecular formula is C38H43F9O3. The van der Waals surface area contributed by atoms with Crippen molar-refractivity contribution in [2.45, 2.75) is 90.7 Å². The lowest BCUT2D eigenvalue weighted by molar-refractivity contribution is -0.0695. The highest BCUT2D eigenvalue weighted by molar-refractivity contribution is 5.70. The van der Waals surface area contributed by atoms with Gasteiger partial charge in [-0.25, -0.2) is 0 Å². The highest BCUT2D eigenvalue weighted by atomic mass is 19.4. The third kappa shape index (κ3) is 12.2. The molecule has 0 aliphatic carbocycles. The van der Waals surface area contributed by atoms with Crippen LogP contribution in [-0.4, -0.2) is 33.8 Å². The highest BCUT2D eigenvalue weighted by Gasteiger charge is 2.35. The third-order valence-corrected chi connectivity index (χ3v) is 7.33. The summed E-state index contributed by atoms with van der Waals surface area (Å²) in [5.74, 6) is -0.0397. The van der Waals surface area contributed by atoms with Gasteiger partial charge < -0.3 is 15.3 Å². The Kier molecular flexibility index (Phi) is 13.7. The predicted octanol–water partition coefficient (Wildman–Crippen LogP) is 12.6. The van der Waals surface area contributed by atoms with Gasteiger partial charge in [-0.15, -0.1) is 0 Å². The van der Waals surface area contributed by atoms with Crippen molar-refractivity contribution in [1.82, 2.24) is 0 Å². The van der Waals surface area contributed by atoms with E-state index in [2.05, 4.69) is 19.7 Å². The van der Waals surface area contributed by atoms with Crippen LogP contribution < -0.4 is 0 Å². The number of phenols is 3. The quantitative estimate of drug-likeness (QED) is 0.235. The van der Waals surface area contributed by atoms with E-state index in [0.29, 0.717) is 16.7 Å². The Hall–Kier alpha value is -4.35. The lowest BCUT2D eigenvalue weighted by Gasteiger charge is -2.22. The number of alkyl halides is 9. The first kappa shape index (κ1) is 43.7. The Morgan fingerprint density at radius 1 is 0.480 bits per heavy atom. The van der Waals surface area contributed by atoms with Gasteiger partial charge in [-0.1, -0.05) is 93.3 Å². The number of allylic oxidation sites excluding steroid dienone is 3. The van der Waals surface area contributed by atoms with E-state index in [4.69, 9.17) is 0 Å². The molecule has 12 heteroatoms. The Bertz CT molecular complexity index is 1590. The standard InChI is InChI=1S/2C13H15F3O.C12H13F3O/c2*1-8(13(14,15)16)9-5-6-11(17)10(7-9)12(2,3)4;1-7(2)10-6-9(4-5-11(10)16)8(3)12(13,14)15/h2*5-7,17H,1H2,2-4H3;4-7,16H,3H2,1-2H3. The average Bonchev–Trinajstić information content (AvgIpc) is 2.94. The predicted molar refractivity (Wildman–Crippen MR) is 181 cm³/mol. The molecule has 0 atom stereocenters. The maximum absolute atomic E-state index is 12.5. The van der Waals surface area contributed by atoms with Gasteiger partial charge in [0, 0.05) is 0 Å². The van der Waals surface area contributed by atoms with Gasteiger partial charge in [-0.3, -0.25) is 0 Å². The first-order valence-corrected chi connectivity index (χ1v) is 15.1. The fourth-order valence-corrected chi connectivity index (χ4v) is 4.34. The van der Waals surface area contributed by atoms with Crippen LogP contribution in [0.2, 0.25) is 0 Å². The monoisotopic (exact) mass is 718 g/mol.